The van der Waals surface area contributed by atoms with Gasteiger partial charge < -0.3 is 4.42 Å². The van der Waals surface area contributed by atoms with Gasteiger partial charge in [0.1, 0.15) is 6.26 Å². The molecule has 2 heteroatoms. The summed E-state index contributed by atoms with van der Waals surface area (Å²) in [5.41, 5.74) is 4.51. The lowest BCUT2D eigenvalue weighted by Crippen LogP contribution is -1.80. The van der Waals surface area contributed by atoms with Crippen molar-refractivity contribution >= 4 is 15.9 Å². The third kappa shape index (κ3) is 2.00. The Labute approximate surface area is 114 Å². The third-order valence-corrected chi connectivity index (χ3v) is 3.48. The van der Waals surface area contributed by atoms with Gasteiger partial charge in [-0.2, -0.15) is 0 Å². The highest BCUT2D eigenvalue weighted by atomic mass is 79.9. The van der Waals surface area contributed by atoms with Crippen LogP contribution in [0.3, 0.4) is 0 Å². The maximum atomic E-state index is 5.52. The average Bonchev–Trinajstić information content (AvgIpc) is 2.83. The first-order valence-corrected chi connectivity index (χ1v) is 6.53. The van der Waals surface area contributed by atoms with Crippen molar-refractivity contribution in [3.8, 4) is 22.3 Å². The number of rotatable bonds is 2. The van der Waals surface area contributed by atoms with E-state index in [-0.39, 0.29) is 0 Å². The van der Waals surface area contributed by atoms with Gasteiger partial charge in [0.25, 0.3) is 0 Å². The van der Waals surface area contributed by atoms with E-state index in [1.165, 1.54) is 0 Å². The molecule has 3 rings (SSSR count). The lowest BCUT2D eigenvalue weighted by Gasteiger charge is -2.03. The van der Waals surface area contributed by atoms with Crippen molar-refractivity contribution in [1.29, 1.82) is 0 Å². The number of benzene rings is 2. The number of furan rings is 1. The minimum atomic E-state index is 0.771. The second-order valence-corrected chi connectivity index (χ2v) is 4.75. The molecule has 0 spiro atoms. The summed E-state index contributed by atoms with van der Waals surface area (Å²) in [5, 5.41) is 0. The van der Waals surface area contributed by atoms with Crippen LogP contribution in [0.15, 0.2) is 76.0 Å². The molecule has 0 saturated heterocycles. The quantitative estimate of drug-likeness (QED) is 0.619. The minimum absolute atomic E-state index is 0.771. The van der Waals surface area contributed by atoms with Crippen LogP contribution in [0.5, 0.6) is 0 Å². The predicted molar refractivity (Wildman–Crippen MR) is 77.3 cm³/mol. The predicted octanol–water partition coefficient (Wildman–Crippen LogP) is 5.38. The van der Waals surface area contributed by atoms with E-state index in [9.17, 15) is 0 Å². The zero-order valence-electron chi connectivity index (χ0n) is 9.64. The van der Waals surface area contributed by atoms with Crippen LogP contribution >= 0.6 is 15.9 Å². The summed E-state index contributed by atoms with van der Waals surface area (Å²) in [6.45, 7) is 0. The topological polar surface area (TPSA) is 13.1 Å². The molecule has 0 aliphatic rings. The number of hydrogen-bond donors (Lipinski definition) is 0. The van der Waals surface area contributed by atoms with Crippen LogP contribution in [-0.2, 0) is 0 Å². The molecule has 0 atom stereocenters. The summed E-state index contributed by atoms with van der Waals surface area (Å²) < 4.78 is 6.29. The van der Waals surface area contributed by atoms with Crippen LogP contribution in [0.4, 0.5) is 0 Å². The SMILES string of the molecule is Brc1occ(-c2ccccc2)c1-c1ccccc1. The summed E-state index contributed by atoms with van der Waals surface area (Å²) >= 11 is 3.48. The Morgan fingerprint density at radius 1 is 0.722 bits per heavy atom. The first kappa shape index (κ1) is 11.3. The first-order chi connectivity index (χ1) is 8.86. The fraction of sp³-hybridized carbons (Fsp3) is 0. The van der Waals surface area contributed by atoms with E-state index in [0.717, 1.165) is 26.9 Å². The van der Waals surface area contributed by atoms with Gasteiger partial charge in [0.05, 0.1) is 0 Å². The van der Waals surface area contributed by atoms with Crippen LogP contribution in [0, 0.1) is 0 Å². The van der Waals surface area contributed by atoms with Crippen LogP contribution < -0.4 is 0 Å². The summed E-state index contributed by atoms with van der Waals surface area (Å²) in [6, 6.07) is 20.5. The minimum Gasteiger partial charge on any atom is -0.456 e. The maximum absolute atomic E-state index is 5.52. The molecule has 1 aromatic heterocycles. The zero-order chi connectivity index (χ0) is 12.4. The molecule has 0 aliphatic carbocycles. The van der Waals surface area contributed by atoms with E-state index >= 15 is 0 Å². The number of halogens is 1. The molecular formula is C16H11BrO. The molecule has 0 unspecified atom stereocenters. The van der Waals surface area contributed by atoms with Gasteiger partial charge in [0, 0.05) is 11.1 Å². The molecule has 0 radical (unpaired) electrons. The van der Waals surface area contributed by atoms with Crippen molar-refractivity contribution in [2.75, 3.05) is 0 Å². The molecule has 1 nitrogen and oxygen atoms in total. The highest BCUT2D eigenvalue weighted by Crippen LogP contribution is 2.39. The molecule has 0 N–H and O–H groups in total. The summed E-state index contributed by atoms with van der Waals surface area (Å²) in [7, 11) is 0. The van der Waals surface area contributed by atoms with E-state index in [1.54, 1.807) is 6.26 Å². The van der Waals surface area contributed by atoms with Gasteiger partial charge in [-0.25, -0.2) is 0 Å². The number of hydrogen-bond acceptors (Lipinski definition) is 1. The molecule has 0 bridgehead atoms. The molecule has 88 valence electrons. The first-order valence-electron chi connectivity index (χ1n) is 5.74. The van der Waals surface area contributed by atoms with Crippen molar-refractivity contribution in [1.82, 2.24) is 0 Å². The van der Waals surface area contributed by atoms with Crippen LogP contribution in [0.2, 0.25) is 0 Å². The zero-order valence-corrected chi connectivity index (χ0v) is 11.2. The van der Waals surface area contributed by atoms with Gasteiger partial charge in [0.15, 0.2) is 4.67 Å². The molecule has 0 amide bonds. The Balaban J connectivity index is 2.19. The molecule has 3 aromatic rings. The van der Waals surface area contributed by atoms with E-state index in [4.69, 9.17) is 4.42 Å². The van der Waals surface area contributed by atoms with Gasteiger partial charge >= 0.3 is 0 Å². The largest absolute Gasteiger partial charge is 0.456 e. The van der Waals surface area contributed by atoms with Gasteiger partial charge in [-0.15, -0.1) is 0 Å². The average molecular weight is 299 g/mol. The van der Waals surface area contributed by atoms with E-state index in [0.29, 0.717) is 0 Å². The highest BCUT2D eigenvalue weighted by molar-refractivity contribution is 9.10. The molecule has 0 aliphatic heterocycles. The van der Waals surface area contributed by atoms with Gasteiger partial charge in [-0.1, -0.05) is 60.7 Å². The van der Waals surface area contributed by atoms with Gasteiger partial charge in [0.2, 0.25) is 0 Å². The van der Waals surface area contributed by atoms with Crippen molar-refractivity contribution in [2.24, 2.45) is 0 Å². The standard InChI is InChI=1S/C16H11BrO/c17-16-15(13-9-5-2-6-10-13)14(11-18-16)12-7-3-1-4-8-12/h1-11H. The highest BCUT2D eigenvalue weighted by Gasteiger charge is 2.14. The van der Waals surface area contributed by atoms with Crippen molar-refractivity contribution < 1.29 is 4.42 Å². The molecule has 1 heterocycles. The second kappa shape index (κ2) is 4.83. The van der Waals surface area contributed by atoms with Crippen LogP contribution in [0.1, 0.15) is 0 Å². The third-order valence-electron chi connectivity index (χ3n) is 2.89. The Morgan fingerprint density at radius 2 is 1.28 bits per heavy atom. The second-order valence-electron chi connectivity index (χ2n) is 4.03. The Morgan fingerprint density at radius 3 is 1.89 bits per heavy atom. The molecule has 18 heavy (non-hydrogen) atoms. The summed E-state index contributed by atoms with van der Waals surface area (Å²) in [6.07, 6.45) is 1.79. The fourth-order valence-corrected chi connectivity index (χ4v) is 2.57. The van der Waals surface area contributed by atoms with Crippen molar-refractivity contribution in [3.63, 3.8) is 0 Å². The Bertz CT molecular complexity index is 641. The Hall–Kier alpha value is -1.80. The maximum Gasteiger partial charge on any atom is 0.177 e. The van der Waals surface area contributed by atoms with E-state index < -0.39 is 0 Å². The van der Waals surface area contributed by atoms with Crippen LogP contribution in [-0.4, -0.2) is 0 Å². The van der Waals surface area contributed by atoms with Crippen molar-refractivity contribution in [2.45, 2.75) is 0 Å². The normalized spacial score (nSPS) is 10.5. The molecule has 0 fully saturated rings. The van der Waals surface area contributed by atoms with Crippen molar-refractivity contribution in [3.05, 3.63) is 71.6 Å². The summed E-state index contributed by atoms with van der Waals surface area (Å²) in [5.74, 6) is 0. The Kier molecular flexibility index (Phi) is 3.03. The van der Waals surface area contributed by atoms with Crippen LogP contribution in [0.25, 0.3) is 22.3 Å². The molecule has 2 aromatic carbocycles. The summed E-state index contributed by atoms with van der Waals surface area (Å²) in [4.78, 5) is 0. The van der Waals surface area contributed by atoms with Gasteiger partial charge in [-0.05, 0) is 27.1 Å². The monoisotopic (exact) mass is 298 g/mol. The van der Waals surface area contributed by atoms with E-state index in [2.05, 4.69) is 40.2 Å². The fourth-order valence-electron chi connectivity index (χ4n) is 2.04. The smallest absolute Gasteiger partial charge is 0.177 e. The van der Waals surface area contributed by atoms with E-state index in [1.807, 2.05) is 36.4 Å². The lowest BCUT2D eigenvalue weighted by molar-refractivity contribution is 0.543. The lowest BCUT2D eigenvalue weighted by atomic mass is 9.99. The molecular weight excluding hydrogens is 288 g/mol. The van der Waals surface area contributed by atoms with Gasteiger partial charge in [-0.3, -0.25) is 0 Å². The molecule has 0 saturated carbocycles.